The molecule has 0 aromatic heterocycles. The maximum atomic E-state index is 12.3. The second-order valence-electron chi connectivity index (χ2n) is 5.13. The van der Waals surface area contributed by atoms with Gasteiger partial charge < -0.3 is 10.0 Å². The van der Waals surface area contributed by atoms with Crippen LogP contribution in [-0.2, 0) is 10.0 Å². The summed E-state index contributed by atoms with van der Waals surface area (Å²) in [5, 5.41) is 9.59. The molecule has 1 unspecified atom stereocenters. The molecule has 19 heavy (non-hydrogen) atoms. The fraction of sp³-hybridized carbons (Fsp3) is 0.538. The van der Waals surface area contributed by atoms with E-state index in [0.29, 0.717) is 25.2 Å². The lowest BCUT2D eigenvalue weighted by atomic mass is 10.3. The van der Waals surface area contributed by atoms with Crippen LogP contribution >= 0.6 is 0 Å². The molecule has 0 amide bonds. The van der Waals surface area contributed by atoms with Crippen LogP contribution in [0.4, 0.5) is 5.69 Å². The molecular weight excluding hydrogens is 264 g/mol. The summed E-state index contributed by atoms with van der Waals surface area (Å²) < 4.78 is 27.2. The Balaban J connectivity index is 2.36. The second kappa shape index (κ2) is 5.48. The number of hydrogen-bond acceptors (Lipinski definition) is 4. The van der Waals surface area contributed by atoms with Gasteiger partial charge >= 0.3 is 0 Å². The summed E-state index contributed by atoms with van der Waals surface area (Å²) in [6.45, 7) is 4.74. The molecule has 1 aromatic carbocycles. The maximum absolute atomic E-state index is 12.3. The van der Waals surface area contributed by atoms with Gasteiger partial charge in [-0.1, -0.05) is 12.1 Å². The summed E-state index contributed by atoms with van der Waals surface area (Å²) in [4.78, 5) is 2.19. The fourth-order valence-electron chi connectivity index (χ4n) is 2.28. The van der Waals surface area contributed by atoms with E-state index in [0.717, 1.165) is 0 Å². The minimum atomic E-state index is -3.52. The molecule has 0 spiro atoms. The number of benzene rings is 1. The van der Waals surface area contributed by atoms with Crippen molar-refractivity contribution in [1.29, 1.82) is 0 Å². The minimum absolute atomic E-state index is 0.151. The van der Waals surface area contributed by atoms with Crippen LogP contribution in [0.5, 0.6) is 0 Å². The van der Waals surface area contributed by atoms with E-state index >= 15 is 0 Å². The van der Waals surface area contributed by atoms with E-state index in [2.05, 4.69) is 4.72 Å². The largest absolute Gasteiger partial charge is 0.391 e. The van der Waals surface area contributed by atoms with Crippen molar-refractivity contribution >= 4 is 15.7 Å². The third kappa shape index (κ3) is 3.26. The van der Waals surface area contributed by atoms with Gasteiger partial charge in [-0.05, 0) is 32.4 Å². The third-order valence-corrected chi connectivity index (χ3v) is 4.76. The molecule has 1 heterocycles. The number of aliphatic hydroxyl groups is 1. The Kier molecular flexibility index (Phi) is 4.13. The van der Waals surface area contributed by atoms with Gasteiger partial charge in [0.15, 0.2) is 0 Å². The zero-order valence-corrected chi connectivity index (χ0v) is 12.0. The molecule has 0 aliphatic carbocycles. The molecule has 1 aromatic rings. The van der Waals surface area contributed by atoms with Crippen molar-refractivity contribution in [3.63, 3.8) is 0 Å². The molecule has 106 valence electrons. The summed E-state index contributed by atoms with van der Waals surface area (Å²) >= 11 is 0. The maximum Gasteiger partial charge on any atom is 0.242 e. The predicted octanol–water partition coefficient (Wildman–Crippen LogP) is 0.944. The summed E-state index contributed by atoms with van der Waals surface area (Å²) in [5.74, 6) is 0. The molecule has 6 heteroatoms. The highest BCUT2D eigenvalue weighted by Crippen LogP contribution is 2.28. The highest BCUT2D eigenvalue weighted by molar-refractivity contribution is 7.89. The van der Waals surface area contributed by atoms with Crippen molar-refractivity contribution in [2.75, 3.05) is 18.0 Å². The number of anilines is 1. The molecule has 1 fully saturated rings. The Bertz CT molecular complexity index is 543. The summed E-state index contributed by atoms with van der Waals surface area (Å²) in [6, 6.07) is 6.76. The van der Waals surface area contributed by atoms with Gasteiger partial charge in [-0.2, -0.15) is 0 Å². The van der Waals surface area contributed by atoms with E-state index in [1.54, 1.807) is 32.0 Å². The minimum Gasteiger partial charge on any atom is -0.391 e. The highest BCUT2D eigenvalue weighted by atomic mass is 32.2. The normalized spacial score (nSPS) is 20.2. The first kappa shape index (κ1) is 14.3. The van der Waals surface area contributed by atoms with Gasteiger partial charge in [-0.25, -0.2) is 13.1 Å². The van der Waals surface area contributed by atoms with Crippen LogP contribution in [0, 0.1) is 0 Å². The molecule has 0 saturated carbocycles. The molecule has 1 aliphatic heterocycles. The van der Waals surface area contributed by atoms with Gasteiger partial charge in [0.1, 0.15) is 4.90 Å². The van der Waals surface area contributed by atoms with E-state index in [4.69, 9.17) is 0 Å². The number of para-hydroxylation sites is 1. The van der Waals surface area contributed by atoms with Crippen molar-refractivity contribution in [3.8, 4) is 0 Å². The van der Waals surface area contributed by atoms with Crippen molar-refractivity contribution in [2.45, 2.75) is 37.3 Å². The first-order valence-corrected chi connectivity index (χ1v) is 7.93. The highest BCUT2D eigenvalue weighted by Gasteiger charge is 2.26. The van der Waals surface area contributed by atoms with Crippen molar-refractivity contribution in [1.82, 2.24) is 4.72 Å². The molecule has 0 bridgehead atoms. The van der Waals surface area contributed by atoms with Gasteiger partial charge in [0, 0.05) is 19.1 Å². The fourth-order valence-corrected chi connectivity index (χ4v) is 3.76. The number of rotatable bonds is 4. The van der Waals surface area contributed by atoms with E-state index in [9.17, 15) is 13.5 Å². The van der Waals surface area contributed by atoms with Gasteiger partial charge in [0.05, 0.1) is 11.8 Å². The van der Waals surface area contributed by atoms with Crippen LogP contribution in [0.2, 0.25) is 0 Å². The molecule has 1 atom stereocenters. The SMILES string of the molecule is CC(C)NS(=O)(=O)c1ccccc1N1CCC(O)C1. The van der Waals surface area contributed by atoms with Gasteiger partial charge in [-0.3, -0.25) is 0 Å². The lowest BCUT2D eigenvalue weighted by molar-refractivity contribution is 0.198. The molecule has 2 N–H and O–H groups in total. The van der Waals surface area contributed by atoms with Gasteiger partial charge in [0.25, 0.3) is 0 Å². The summed E-state index contributed by atoms with van der Waals surface area (Å²) in [5.41, 5.74) is 0.659. The molecule has 1 aliphatic rings. The van der Waals surface area contributed by atoms with Crippen molar-refractivity contribution in [2.24, 2.45) is 0 Å². The zero-order chi connectivity index (χ0) is 14.0. The summed E-state index contributed by atoms with van der Waals surface area (Å²) in [6.07, 6.45) is 0.292. The monoisotopic (exact) mass is 284 g/mol. The van der Waals surface area contributed by atoms with Crippen LogP contribution in [0.1, 0.15) is 20.3 Å². The quantitative estimate of drug-likeness (QED) is 0.863. The summed E-state index contributed by atoms with van der Waals surface area (Å²) in [7, 11) is -3.52. The number of aliphatic hydroxyl groups excluding tert-OH is 1. The average Bonchev–Trinajstić information content (AvgIpc) is 2.74. The van der Waals surface area contributed by atoms with Crippen LogP contribution in [-0.4, -0.2) is 38.8 Å². The molecule has 2 rings (SSSR count). The third-order valence-electron chi connectivity index (χ3n) is 3.05. The molecule has 0 radical (unpaired) electrons. The zero-order valence-electron chi connectivity index (χ0n) is 11.2. The Morgan fingerprint density at radius 3 is 2.63 bits per heavy atom. The van der Waals surface area contributed by atoms with Crippen molar-refractivity contribution in [3.05, 3.63) is 24.3 Å². The van der Waals surface area contributed by atoms with Crippen LogP contribution < -0.4 is 9.62 Å². The Morgan fingerprint density at radius 1 is 1.37 bits per heavy atom. The standard InChI is InChI=1S/C13H20N2O3S/c1-10(2)14-19(17,18)13-6-4-3-5-12(13)15-8-7-11(16)9-15/h3-6,10-11,14,16H,7-9H2,1-2H3. The van der Waals surface area contributed by atoms with Crippen LogP contribution in [0.3, 0.4) is 0 Å². The van der Waals surface area contributed by atoms with Gasteiger partial charge in [-0.15, -0.1) is 0 Å². The number of nitrogens with zero attached hydrogens (tertiary/aromatic N) is 1. The number of nitrogens with one attached hydrogen (secondary N) is 1. The molecular formula is C13H20N2O3S. The second-order valence-corrected chi connectivity index (χ2v) is 6.81. The molecule has 5 nitrogen and oxygen atoms in total. The van der Waals surface area contributed by atoms with Crippen LogP contribution in [0.25, 0.3) is 0 Å². The smallest absolute Gasteiger partial charge is 0.242 e. The van der Waals surface area contributed by atoms with Crippen molar-refractivity contribution < 1.29 is 13.5 Å². The Morgan fingerprint density at radius 2 is 2.05 bits per heavy atom. The van der Waals surface area contributed by atoms with Gasteiger partial charge in [0.2, 0.25) is 10.0 Å². The lowest BCUT2D eigenvalue weighted by Gasteiger charge is -2.22. The van der Waals surface area contributed by atoms with E-state index < -0.39 is 10.0 Å². The van der Waals surface area contributed by atoms with E-state index in [1.165, 1.54) is 0 Å². The van der Waals surface area contributed by atoms with E-state index in [1.807, 2.05) is 11.0 Å². The van der Waals surface area contributed by atoms with Crippen LogP contribution in [0.15, 0.2) is 29.2 Å². The number of sulfonamides is 1. The average molecular weight is 284 g/mol. The van der Waals surface area contributed by atoms with E-state index in [-0.39, 0.29) is 17.0 Å². The lowest BCUT2D eigenvalue weighted by Crippen LogP contribution is -2.32. The number of hydrogen-bond donors (Lipinski definition) is 2. The Labute approximate surface area is 114 Å². The first-order chi connectivity index (χ1) is 8.90. The molecule has 1 saturated heterocycles. The predicted molar refractivity (Wildman–Crippen MR) is 74.7 cm³/mol. The Hall–Kier alpha value is -1.11. The number of β-amino-alcohol motifs (C(OH)–C–C–N with tert-alkyl or cyclic N) is 1. The topological polar surface area (TPSA) is 69.6 Å². The first-order valence-electron chi connectivity index (χ1n) is 6.44.